The summed E-state index contributed by atoms with van der Waals surface area (Å²) in [6, 6.07) is 8.20. The third-order valence-electron chi connectivity index (χ3n) is 5.39. The number of carbonyl (C=O) groups excluding carboxylic acids is 1. The summed E-state index contributed by atoms with van der Waals surface area (Å²) >= 11 is 6.15. The summed E-state index contributed by atoms with van der Waals surface area (Å²) in [5.41, 5.74) is 4.04. The SMILES string of the molecule is O=C(Nc1ccccc1Cl)N1C2CCC1CC(=C1CCC1)C2. The van der Waals surface area contributed by atoms with Crippen molar-refractivity contribution in [3.8, 4) is 0 Å². The zero-order chi connectivity index (χ0) is 15.1. The van der Waals surface area contributed by atoms with Crippen LogP contribution in [0.5, 0.6) is 0 Å². The smallest absolute Gasteiger partial charge is 0.318 e. The Labute approximate surface area is 136 Å². The molecule has 1 saturated carbocycles. The molecule has 1 N–H and O–H groups in total. The van der Waals surface area contributed by atoms with E-state index in [9.17, 15) is 4.79 Å². The fourth-order valence-electron chi connectivity index (χ4n) is 4.08. The Morgan fingerprint density at radius 2 is 1.77 bits per heavy atom. The highest BCUT2D eigenvalue weighted by molar-refractivity contribution is 6.33. The Hall–Kier alpha value is -1.48. The Morgan fingerprint density at radius 3 is 2.36 bits per heavy atom. The second-order valence-corrected chi connectivity index (χ2v) is 7.08. The molecule has 2 heterocycles. The number of hydrogen-bond donors (Lipinski definition) is 1. The summed E-state index contributed by atoms with van der Waals surface area (Å²) in [7, 11) is 0. The fraction of sp³-hybridized carbons (Fsp3) is 0.500. The van der Waals surface area contributed by atoms with Crippen LogP contribution in [0.25, 0.3) is 0 Å². The molecule has 1 aromatic rings. The lowest BCUT2D eigenvalue weighted by atomic mass is 9.82. The molecule has 4 heteroatoms. The first-order chi connectivity index (χ1) is 10.7. The number of rotatable bonds is 1. The minimum absolute atomic E-state index is 0.0123. The number of para-hydroxylation sites is 1. The summed E-state index contributed by atoms with van der Waals surface area (Å²) in [4.78, 5) is 14.8. The number of fused-ring (bicyclic) bond motifs is 2. The van der Waals surface area contributed by atoms with Crippen LogP contribution in [-0.4, -0.2) is 23.0 Å². The van der Waals surface area contributed by atoms with Gasteiger partial charge in [0.2, 0.25) is 0 Å². The molecule has 4 rings (SSSR count). The number of urea groups is 1. The molecule has 0 aromatic heterocycles. The third-order valence-corrected chi connectivity index (χ3v) is 5.72. The molecule has 3 nitrogen and oxygen atoms in total. The molecule has 2 atom stereocenters. The summed E-state index contributed by atoms with van der Waals surface area (Å²) in [5.74, 6) is 0. The number of halogens is 1. The van der Waals surface area contributed by atoms with Gasteiger partial charge in [-0.25, -0.2) is 4.79 Å². The number of piperidine rings is 1. The van der Waals surface area contributed by atoms with Gasteiger partial charge in [-0.3, -0.25) is 0 Å². The van der Waals surface area contributed by atoms with Crippen molar-refractivity contribution in [2.75, 3.05) is 5.32 Å². The normalized spacial score (nSPS) is 26.9. The van der Waals surface area contributed by atoms with Gasteiger partial charge < -0.3 is 10.2 Å². The zero-order valence-electron chi connectivity index (χ0n) is 12.6. The van der Waals surface area contributed by atoms with Crippen LogP contribution in [0, 0.1) is 0 Å². The van der Waals surface area contributed by atoms with Gasteiger partial charge in [-0.1, -0.05) is 34.9 Å². The van der Waals surface area contributed by atoms with Gasteiger partial charge in [-0.2, -0.15) is 0 Å². The lowest BCUT2D eigenvalue weighted by Gasteiger charge is -2.38. The maximum atomic E-state index is 12.7. The van der Waals surface area contributed by atoms with E-state index in [1.165, 1.54) is 19.3 Å². The molecule has 1 aliphatic carbocycles. The third kappa shape index (κ3) is 2.41. The van der Waals surface area contributed by atoms with Crippen molar-refractivity contribution in [1.29, 1.82) is 0 Å². The quantitative estimate of drug-likeness (QED) is 0.728. The molecule has 2 bridgehead atoms. The number of benzene rings is 1. The number of amides is 2. The van der Waals surface area contributed by atoms with E-state index in [0.29, 0.717) is 22.8 Å². The largest absolute Gasteiger partial charge is 0.322 e. The zero-order valence-corrected chi connectivity index (χ0v) is 13.4. The molecule has 22 heavy (non-hydrogen) atoms. The van der Waals surface area contributed by atoms with Crippen molar-refractivity contribution in [3.63, 3.8) is 0 Å². The average Bonchev–Trinajstić information content (AvgIpc) is 2.71. The van der Waals surface area contributed by atoms with Gasteiger partial charge in [0, 0.05) is 12.1 Å². The van der Waals surface area contributed by atoms with E-state index < -0.39 is 0 Å². The van der Waals surface area contributed by atoms with Gasteiger partial charge in [-0.15, -0.1) is 0 Å². The van der Waals surface area contributed by atoms with Gasteiger partial charge in [0.1, 0.15) is 0 Å². The molecule has 116 valence electrons. The van der Waals surface area contributed by atoms with Gasteiger partial charge in [0.25, 0.3) is 0 Å². The molecular weight excluding hydrogens is 296 g/mol. The van der Waals surface area contributed by atoms with Crippen LogP contribution in [0.1, 0.15) is 44.9 Å². The van der Waals surface area contributed by atoms with Gasteiger partial charge in [-0.05, 0) is 57.1 Å². The first-order valence-electron chi connectivity index (χ1n) is 8.26. The topological polar surface area (TPSA) is 32.3 Å². The highest BCUT2D eigenvalue weighted by Gasteiger charge is 2.42. The Kier molecular flexibility index (Phi) is 3.61. The predicted octanol–water partition coefficient (Wildman–Crippen LogP) is 4.98. The summed E-state index contributed by atoms with van der Waals surface area (Å²) in [5, 5.41) is 3.59. The number of allylic oxidation sites excluding steroid dienone is 1. The molecular formula is C18H21ClN2O. The average molecular weight is 317 g/mol. The van der Waals surface area contributed by atoms with E-state index in [4.69, 9.17) is 11.6 Å². The number of hydrogen-bond acceptors (Lipinski definition) is 1. The van der Waals surface area contributed by atoms with Crippen LogP contribution >= 0.6 is 11.6 Å². The van der Waals surface area contributed by atoms with Crippen molar-refractivity contribution < 1.29 is 4.79 Å². The number of nitrogens with zero attached hydrogens (tertiary/aromatic N) is 1. The standard InChI is InChI=1S/C18H21ClN2O/c19-16-6-1-2-7-17(16)20-18(22)21-14-8-9-15(21)11-13(10-14)12-4-3-5-12/h1-2,6-7,14-15H,3-5,8-11H2,(H,20,22). The predicted molar refractivity (Wildman–Crippen MR) is 89.2 cm³/mol. The monoisotopic (exact) mass is 316 g/mol. The molecule has 2 amide bonds. The van der Waals surface area contributed by atoms with Crippen molar-refractivity contribution in [2.24, 2.45) is 0 Å². The highest BCUT2D eigenvalue weighted by Crippen LogP contribution is 2.43. The van der Waals surface area contributed by atoms with Gasteiger partial charge >= 0.3 is 6.03 Å². The minimum atomic E-state index is 0.0123. The number of carbonyl (C=O) groups is 1. The molecule has 2 unspecified atom stereocenters. The first kappa shape index (κ1) is 14.1. The second kappa shape index (κ2) is 5.62. The van der Waals surface area contributed by atoms with E-state index >= 15 is 0 Å². The van der Waals surface area contributed by atoms with E-state index in [1.807, 2.05) is 18.2 Å². The molecule has 1 aromatic carbocycles. The molecule has 2 saturated heterocycles. The molecule has 3 aliphatic rings. The van der Waals surface area contributed by atoms with Crippen molar-refractivity contribution in [3.05, 3.63) is 40.4 Å². The lowest BCUT2D eigenvalue weighted by molar-refractivity contribution is 0.173. The molecule has 0 spiro atoms. The van der Waals surface area contributed by atoms with Crippen molar-refractivity contribution in [2.45, 2.75) is 57.0 Å². The van der Waals surface area contributed by atoms with E-state index in [-0.39, 0.29) is 6.03 Å². The molecule has 2 aliphatic heterocycles. The van der Waals surface area contributed by atoms with Gasteiger partial charge in [0.15, 0.2) is 0 Å². The minimum Gasteiger partial charge on any atom is -0.318 e. The van der Waals surface area contributed by atoms with E-state index in [0.717, 1.165) is 25.7 Å². The molecule has 3 fully saturated rings. The van der Waals surface area contributed by atoms with Crippen LogP contribution in [0.4, 0.5) is 10.5 Å². The number of nitrogens with one attached hydrogen (secondary N) is 1. The summed E-state index contributed by atoms with van der Waals surface area (Å²) < 4.78 is 0. The maximum absolute atomic E-state index is 12.7. The van der Waals surface area contributed by atoms with E-state index in [2.05, 4.69) is 10.2 Å². The van der Waals surface area contributed by atoms with Crippen LogP contribution < -0.4 is 5.32 Å². The van der Waals surface area contributed by atoms with Crippen LogP contribution in [0.3, 0.4) is 0 Å². The summed E-state index contributed by atoms with van der Waals surface area (Å²) in [6.45, 7) is 0. The number of anilines is 1. The Balaban J connectivity index is 1.50. The van der Waals surface area contributed by atoms with Gasteiger partial charge in [0.05, 0.1) is 10.7 Å². The maximum Gasteiger partial charge on any atom is 0.322 e. The fourth-order valence-corrected chi connectivity index (χ4v) is 4.27. The van der Waals surface area contributed by atoms with Crippen LogP contribution in [0.2, 0.25) is 5.02 Å². The van der Waals surface area contributed by atoms with E-state index in [1.54, 1.807) is 17.2 Å². The second-order valence-electron chi connectivity index (χ2n) is 6.67. The Bertz CT molecular complexity index is 618. The van der Waals surface area contributed by atoms with Crippen molar-refractivity contribution >= 4 is 23.3 Å². The van der Waals surface area contributed by atoms with Crippen LogP contribution in [-0.2, 0) is 0 Å². The van der Waals surface area contributed by atoms with Crippen molar-refractivity contribution in [1.82, 2.24) is 4.90 Å². The van der Waals surface area contributed by atoms with Crippen LogP contribution in [0.15, 0.2) is 35.4 Å². The molecule has 0 radical (unpaired) electrons. The Morgan fingerprint density at radius 1 is 1.09 bits per heavy atom. The lowest BCUT2D eigenvalue weighted by Crippen LogP contribution is -2.47. The first-order valence-corrected chi connectivity index (χ1v) is 8.64. The summed E-state index contributed by atoms with van der Waals surface area (Å²) in [6.07, 6.45) is 8.38. The highest BCUT2D eigenvalue weighted by atomic mass is 35.5.